The molecule has 2 heterocycles. The second-order valence-corrected chi connectivity index (χ2v) is 4.45. The predicted octanol–water partition coefficient (Wildman–Crippen LogP) is 1.67. The number of hydrogen-bond donors (Lipinski definition) is 2. The second-order valence-electron chi connectivity index (χ2n) is 4.45. The van der Waals surface area contributed by atoms with Gasteiger partial charge in [-0.15, -0.1) is 0 Å². The number of nitrogens with one attached hydrogen (secondary N) is 1. The predicted molar refractivity (Wildman–Crippen MR) is 71.3 cm³/mol. The molecule has 0 atom stereocenters. The van der Waals surface area contributed by atoms with Crippen molar-refractivity contribution >= 4 is 17.0 Å². The molecule has 6 heteroatoms. The largest absolute Gasteiger partial charge is 0.382 e. The van der Waals surface area contributed by atoms with Gasteiger partial charge in [0, 0.05) is 6.54 Å². The zero-order valence-electron chi connectivity index (χ0n) is 10.6. The van der Waals surface area contributed by atoms with Crippen LogP contribution in [0.15, 0.2) is 11.1 Å². The third-order valence-electron chi connectivity index (χ3n) is 3.07. The minimum Gasteiger partial charge on any atom is -0.382 e. The number of nitrogens with zero attached hydrogens (tertiary/aromatic N) is 3. The Morgan fingerprint density at radius 2 is 2.06 bits per heavy atom. The average molecular weight is 249 g/mol. The third kappa shape index (κ3) is 2.52. The number of aryl methyl sites for hydroxylation is 1. The highest BCUT2D eigenvalue weighted by Crippen LogP contribution is 2.12. The molecule has 0 spiro atoms. The van der Waals surface area contributed by atoms with Crippen LogP contribution in [0.3, 0.4) is 0 Å². The highest BCUT2D eigenvalue weighted by Gasteiger charge is 2.10. The lowest BCUT2D eigenvalue weighted by Gasteiger charge is -2.02. The Labute approximate surface area is 105 Å². The molecule has 0 saturated carbocycles. The number of H-pyrrole nitrogens is 1. The van der Waals surface area contributed by atoms with Crippen molar-refractivity contribution in [3.05, 3.63) is 16.8 Å². The summed E-state index contributed by atoms with van der Waals surface area (Å²) < 4.78 is 1.64. The molecule has 0 fully saturated rings. The average Bonchev–Trinajstić information content (AvgIpc) is 2.68. The summed E-state index contributed by atoms with van der Waals surface area (Å²) in [5.74, 6) is 0.321. The molecule has 0 amide bonds. The maximum atomic E-state index is 11.8. The lowest BCUT2D eigenvalue weighted by Crippen LogP contribution is -2.17. The number of fused-ring (bicyclic) bond motifs is 1. The molecule has 0 aromatic carbocycles. The maximum Gasteiger partial charge on any atom is 0.327 e. The molecule has 0 aliphatic heterocycles. The molecular weight excluding hydrogens is 230 g/mol. The van der Waals surface area contributed by atoms with Crippen LogP contribution in [0.2, 0.25) is 0 Å². The van der Waals surface area contributed by atoms with Crippen molar-refractivity contribution in [2.45, 2.75) is 45.6 Å². The standard InChI is InChI=1S/C12H19N5O/c1-2-3-4-5-6-7-17-11-9(16-12(17)18)10(13)14-8-15-11/h8H,2-7H2,1H3,(H,16,18)(H2,13,14,15). The van der Waals surface area contributed by atoms with Crippen molar-refractivity contribution in [2.24, 2.45) is 0 Å². The van der Waals surface area contributed by atoms with Crippen molar-refractivity contribution in [3.8, 4) is 0 Å². The molecule has 0 bridgehead atoms. The van der Waals surface area contributed by atoms with E-state index in [0.717, 1.165) is 12.8 Å². The van der Waals surface area contributed by atoms with Gasteiger partial charge in [-0.3, -0.25) is 4.57 Å². The van der Waals surface area contributed by atoms with Crippen molar-refractivity contribution in [1.29, 1.82) is 0 Å². The van der Waals surface area contributed by atoms with Crippen molar-refractivity contribution in [2.75, 3.05) is 5.73 Å². The molecular formula is C12H19N5O. The van der Waals surface area contributed by atoms with E-state index in [9.17, 15) is 4.79 Å². The van der Waals surface area contributed by atoms with Crippen LogP contribution in [-0.2, 0) is 6.54 Å². The quantitative estimate of drug-likeness (QED) is 0.762. The van der Waals surface area contributed by atoms with Gasteiger partial charge in [0.1, 0.15) is 11.8 Å². The van der Waals surface area contributed by atoms with E-state index in [1.807, 2.05) is 0 Å². The fourth-order valence-corrected chi connectivity index (χ4v) is 2.07. The summed E-state index contributed by atoms with van der Waals surface area (Å²) >= 11 is 0. The highest BCUT2D eigenvalue weighted by atomic mass is 16.1. The van der Waals surface area contributed by atoms with E-state index >= 15 is 0 Å². The Hall–Kier alpha value is -1.85. The number of nitrogens with two attached hydrogens (primary N) is 1. The van der Waals surface area contributed by atoms with Crippen LogP contribution in [0.25, 0.3) is 11.2 Å². The number of aromatic amines is 1. The summed E-state index contributed by atoms with van der Waals surface area (Å²) in [6, 6.07) is 0. The lowest BCUT2D eigenvalue weighted by atomic mass is 10.1. The summed E-state index contributed by atoms with van der Waals surface area (Å²) in [6.07, 6.45) is 7.18. The first kappa shape index (κ1) is 12.6. The zero-order chi connectivity index (χ0) is 13.0. The van der Waals surface area contributed by atoms with Crippen LogP contribution in [-0.4, -0.2) is 19.5 Å². The maximum absolute atomic E-state index is 11.8. The smallest absolute Gasteiger partial charge is 0.327 e. The summed E-state index contributed by atoms with van der Waals surface area (Å²) in [4.78, 5) is 22.5. The van der Waals surface area contributed by atoms with Gasteiger partial charge in [-0.1, -0.05) is 32.6 Å². The third-order valence-corrected chi connectivity index (χ3v) is 3.07. The minimum absolute atomic E-state index is 0.160. The van der Waals surface area contributed by atoms with Gasteiger partial charge in [0.05, 0.1) is 0 Å². The van der Waals surface area contributed by atoms with Crippen molar-refractivity contribution < 1.29 is 0 Å². The van der Waals surface area contributed by atoms with Gasteiger partial charge in [0.2, 0.25) is 0 Å². The molecule has 98 valence electrons. The Balaban J connectivity index is 2.11. The van der Waals surface area contributed by atoms with E-state index in [1.54, 1.807) is 4.57 Å². The number of hydrogen-bond acceptors (Lipinski definition) is 4. The molecule has 0 aliphatic carbocycles. The Kier molecular flexibility index (Phi) is 3.96. The minimum atomic E-state index is -0.160. The number of nitrogen functional groups attached to an aromatic ring is 1. The monoisotopic (exact) mass is 249 g/mol. The fraction of sp³-hybridized carbons (Fsp3) is 0.583. The van der Waals surface area contributed by atoms with Crippen LogP contribution in [0.1, 0.15) is 39.0 Å². The first-order valence-corrected chi connectivity index (χ1v) is 6.43. The lowest BCUT2D eigenvalue weighted by molar-refractivity contribution is 0.565. The number of anilines is 1. The topological polar surface area (TPSA) is 89.6 Å². The Morgan fingerprint density at radius 3 is 2.83 bits per heavy atom. The van der Waals surface area contributed by atoms with Gasteiger partial charge in [-0.2, -0.15) is 0 Å². The molecule has 2 rings (SSSR count). The highest BCUT2D eigenvalue weighted by molar-refractivity contribution is 5.80. The molecule has 0 unspecified atom stereocenters. The van der Waals surface area contributed by atoms with E-state index < -0.39 is 0 Å². The number of unbranched alkanes of at least 4 members (excludes halogenated alkanes) is 4. The molecule has 0 saturated heterocycles. The molecule has 2 aromatic heterocycles. The van der Waals surface area contributed by atoms with E-state index in [1.165, 1.54) is 25.6 Å². The van der Waals surface area contributed by atoms with Gasteiger partial charge >= 0.3 is 5.69 Å². The van der Waals surface area contributed by atoms with Crippen molar-refractivity contribution in [1.82, 2.24) is 19.5 Å². The van der Waals surface area contributed by atoms with E-state index in [4.69, 9.17) is 5.73 Å². The summed E-state index contributed by atoms with van der Waals surface area (Å²) in [6.45, 7) is 2.86. The second kappa shape index (κ2) is 5.66. The van der Waals surface area contributed by atoms with Crippen LogP contribution in [0, 0.1) is 0 Å². The SMILES string of the molecule is CCCCCCCn1c(=O)[nH]c2c(N)ncnc21. The van der Waals surface area contributed by atoms with E-state index in [0.29, 0.717) is 23.5 Å². The van der Waals surface area contributed by atoms with E-state index in [2.05, 4.69) is 21.9 Å². The first-order chi connectivity index (χ1) is 8.74. The van der Waals surface area contributed by atoms with Crippen LogP contribution < -0.4 is 11.4 Å². The van der Waals surface area contributed by atoms with Crippen molar-refractivity contribution in [3.63, 3.8) is 0 Å². The molecule has 6 nitrogen and oxygen atoms in total. The van der Waals surface area contributed by atoms with E-state index in [-0.39, 0.29) is 5.69 Å². The van der Waals surface area contributed by atoms with Gasteiger partial charge in [-0.05, 0) is 6.42 Å². The van der Waals surface area contributed by atoms with Crippen LogP contribution >= 0.6 is 0 Å². The molecule has 18 heavy (non-hydrogen) atoms. The zero-order valence-corrected chi connectivity index (χ0v) is 10.6. The van der Waals surface area contributed by atoms with Gasteiger partial charge < -0.3 is 10.7 Å². The normalized spacial score (nSPS) is 11.2. The summed E-state index contributed by atoms with van der Waals surface area (Å²) in [7, 11) is 0. The first-order valence-electron chi connectivity index (χ1n) is 6.43. The van der Waals surface area contributed by atoms with Crippen LogP contribution in [0.4, 0.5) is 5.82 Å². The fourth-order valence-electron chi connectivity index (χ4n) is 2.07. The summed E-state index contributed by atoms with van der Waals surface area (Å²) in [5, 5.41) is 0. The molecule has 3 N–H and O–H groups in total. The Morgan fingerprint density at radius 1 is 1.28 bits per heavy atom. The Bertz CT molecular complexity index is 571. The van der Waals surface area contributed by atoms with Crippen LogP contribution in [0.5, 0.6) is 0 Å². The number of rotatable bonds is 6. The summed E-state index contributed by atoms with van der Waals surface area (Å²) in [5.41, 5.74) is 6.68. The number of aromatic nitrogens is 4. The molecule has 0 aliphatic rings. The molecule has 0 radical (unpaired) electrons. The van der Waals surface area contributed by atoms with Gasteiger partial charge in [0.25, 0.3) is 0 Å². The van der Waals surface area contributed by atoms with Gasteiger partial charge in [-0.25, -0.2) is 14.8 Å². The molecule has 2 aromatic rings. The number of imidazole rings is 1. The van der Waals surface area contributed by atoms with Gasteiger partial charge in [0.15, 0.2) is 11.5 Å².